The van der Waals surface area contributed by atoms with Crippen LogP contribution in [0.5, 0.6) is 5.88 Å². The van der Waals surface area contributed by atoms with E-state index in [4.69, 9.17) is 5.73 Å². The first-order chi connectivity index (χ1) is 6.99. The van der Waals surface area contributed by atoms with Crippen molar-refractivity contribution in [1.82, 2.24) is 9.55 Å². The average molecular weight is 211 g/mol. The Labute approximate surface area is 83.5 Å². The first kappa shape index (κ1) is 10.8. The molecule has 4 N–H and O–H groups in total. The minimum absolute atomic E-state index is 0.0400. The number of nitrogens with zero attached hydrogens (tertiary/aromatic N) is 1. The van der Waals surface area contributed by atoms with Crippen LogP contribution in [0.3, 0.4) is 0 Å². The predicted molar refractivity (Wildman–Crippen MR) is 51.7 cm³/mol. The molecular formula is C8H9N3O4. The zero-order valence-corrected chi connectivity index (χ0v) is 7.69. The molecule has 80 valence electrons. The second-order valence-electron chi connectivity index (χ2n) is 2.72. The van der Waals surface area contributed by atoms with Gasteiger partial charge in [-0.15, -0.1) is 6.58 Å². The third-order valence-electron chi connectivity index (χ3n) is 1.73. The van der Waals surface area contributed by atoms with Gasteiger partial charge in [-0.3, -0.25) is 19.1 Å². The van der Waals surface area contributed by atoms with Crippen molar-refractivity contribution < 1.29 is 9.90 Å². The molecule has 15 heavy (non-hydrogen) atoms. The van der Waals surface area contributed by atoms with Gasteiger partial charge >= 0.3 is 5.69 Å². The van der Waals surface area contributed by atoms with Crippen molar-refractivity contribution in [3.63, 3.8) is 0 Å². The van der Waals surface area contributed by atoms with Crippen molar-refractivity contribution in [3.05, 3.63) is 39.1 Å². The Balaban J connectivity index is 3.63. The summed E-state index contributed by atoms with van der Waals surface area (Å²) in [5, 5.41) is 9.45. The Hall–Kier alpha value is -2.31. The van der Waals surface area contributed by atoms with Crippen LogP contribution in [-0.2, 0) is 6.54 Å². The topological polar surface area (TPSA) is 118 Å². The lowest BCUT2D eigenvalue weighted by Gasteiger charge is -2.06. The van der Waals surface area contributed by atoms with E-state index in [0.717, 1.165) is 4.57 Å². The van der Waals surface area contributed by atoms with Crippen LogP contribution in [0.15, 0.2) is 22.2 Å². The number of carbonyl (C=O) groups is 1. The van der Waals surface area contributed by atoms with Crippen LogP contribution < -0.4 is 17.0 Å². The smallest absolute Gasteiger partial charge is 0.331 e. The van der Waals surface area contributed by atoms with E-state index < -0.39 is 28.6 Å². The van der Waals surface area contributed by atoms with E-state index in [-0.39, 0.29) is 6.54 Å². The molecule has 1 aromatic rings. The van der Waals surface area contributed by atoms with Gasteiger partial charge in [-0.25, -0.2) is 4.79 Å². The summed E-state index contributed by atoms with van der Waals surface area (Å²) >= 11 is 0. The highest BCUT2D eigenvalue weighted by atomic mass is 16.3. The molecule has 1 heterocycles. The molecule has 0 saturated heterocycles. The molecule has 0 radical (unpaired) electrons. The second kappa shape index (κ2) is 3.82. The Bertz CT molecular complexity index is 526. The summed E-state index contributed by atoms with van der Waals surface area (Å²) in [5.41, 5.74) is 2.39. The number of allylic oxidation sites excluding steroid dienone is 1. The fourth-order valence-corrected chi connectivity index (χ4v) is 1.08. The van der Waals surface area contributed by atoms with Crippen LogP contribution in [0.1, 0.15) is 10.4 Å². The summed E-state index contributed by atoms with van der Waals surface area (Å²) in [6.45, 7) is 3.32. The maximum absolute atomic E-state index is 11.2. The summed E-state index contributed by atoms with van der Waals surface area (Å²) in [5.74, 6) is -1.86. The fourth-order valence-electron chi connectivity index (χ4n) is 1.08. The summed E-state index contributed by atoms with van der Waals surface area (Å²) in [4.78, 5) is 34.9. The summed E-state index contributed by atoms with van der Waals surface area (Å²) in [7, 11) is 0. The molecule has 0 unspecified atom stereocenters. The molecule has 0 fully saturated rings. The Morgan fingerprint density at radius 1 is 1.60 bits per heavy atom. The van der Waals surface area contributed by atoms with Crippen LogP contribution >= 0.6 is 0 Å². The van der Waals surface area contributed by atoms with E-state index in [2.05, 4.69) is 6.58 Å². The molecule has 0 saturated carbocycles. The normalized spacial score (nSPS) is 9.87. The number of H-pyrrole nitrogens is 1. The molecular weight excluding hydrogens is 202 g/mol. The van der Waals surface area contributed by atoms with E-state index in [1.165, 1.54) is 6.08 Å². The zero-order valence-electron chi connectivity index (χ0n) is 7.69. The molecule has 0 spiro atoms. The highest BCUT2D eigenvalue weighted by Gasteiger charge is 2.17. The number of primary amides is 1. The molecule has 0 aliphatic carbocycles. The largest absolute Gasteiger partial charge is 0.494 e. The van der Waals surface area contributed by atoms with Crippen molar-refractivity contribution in [2.75, 3.05) is 0 Å². The number of aromatic amines is 1. The van der Waals surface area contributed by atoms with Crippen LogP contribution in [0.25, 0.3) is 0 Å². The maximum atomic E-state index is 11.2. The van der Waals surface area contributed by atoms with E-state index in [9.17, 15) is 19.5 Å². The van der Waals surface area contributed by atoms with Crippen LogP contribution in [0, 0.1) is 0 Å². The van der Waals surface area contributed by atoms with Crippen molar-refractivity contribution in [1.29, 1.82) is 0 Å². The zero-order chi connectivity index (χ0) is 11.6. The lowest BCUT2D eigenvalue weighted by atomic mass is 10.3. The number of hydrogen-bond acceptors (Lipinski definition) is 4. The van der Waals surface area contributed by atoms with Crippen molar-refractivity contribution in [2.45, 2.75) is 6.54 Å². The van der Waals surface area contributed by atoms with E-state index >= 15 is 0 Å². The van der Waals surface area contributed by atoms with Gasteiger partial charge in [-0.1, -0.05) is 6.08 Å². The minimum atomic E-state index is -1.11. The molecule has 7 heteroatoms. The quantitative estimate of drug-likeness (QED) is 0.528. The first-order valence-electron chi connectivity index (χ1n) is 3.95. The Morgan fingerprint density at radius 3 is 2.67 bits per heavy atom. The van der Waals surface area contributed by atoms with E-state index in [1.54, 1.807) is 0 Å². The number of hydrogen-bond donors (Lipinski definition) is 3. The lowest BCUT2D eigenvalue weighted by molar-refractivity contribution is 0.0994. The summed E-state index contributed by atoms with van der Waals surface area (Å²) < 4.78 is 0.772. The fraction of sp³-hybridized carbons (Fsp3) is 0.125. The minimum Gasteiger partial charge on any atom is -0.494 e. The summed E-state index contributed by atoms with van der Waals surface area (Å²) in [6, 6.07) is 0. The van der Waals surface area contributed by atoms with Gasteiger partial charge < -0.3 is 10.8 Å². The average Bonchev–Trinajstić information content (AvgIpc) is 2.11. The SMILES string of the molecule is C=CCn1c(O)c(C(N)=O)c(=O)[nH]c1=O. The summed E-state index contributed by atoms with van der Waals surface area (Å²) in [6.07, 6.45) is 1.32. The van der Waals surface area contributed by atoms with Gasteiger partial charge in [0.15, 0.2) is 5.56 Å². The number of carbonyl (C=O) groups excluding carboxylic acids is 1. The molecule has 0 bridgehead atoms. The number of nitrogens with one attached hydrogen (secondary N) is 1. The van der Waals surface area contributed by atoms with Crippen molar-refractivity contribution in [2.24, 2.45) is 5.73 Å². The van der Waals surface area contributed by atoms with E-state index in [1.807, 2.05) is 4.98 Å². The van der Waals surface area contributed by atoms with Crippen LogP contribution in [0.2, 0.25) is 0 Å². The van der Waals surface area contributed by atoms with Crippen molar-refractivity contribution >= 4 is 5.91 Å². The number of amides is 1. The molecule has 0 aromatic carbocycles. The molecule has 0 atom stereocenters. The standard InChI is InChI=1S/C8H9N3O4/c1-2-3-11-7(14)4(5(9)12)6(13)10-8(11)15/h2,14H,1,3H2,(H2,9,12)(H,10,13,15). The Kier molecular flexibility index (Phi) is 2.75. The number of aromatic hydroxyl groups is 1. The Morgan fingerprint density at radius 2 is 2.20 bits per heavy atom. The highest BCUT2D eigenvalue weighted by molar-refractivity contribution is 5.94. The molecule has 1 amide bonds. The monoisotopic (exact) mass is 211 g/mol. The van der Waals surface area contributed by atoms with Crippen molar-refractivity contribution in [3.8, 4) is 5.88 Å². The highest BCUT2D eigenvalue weighted by Crippen LogP contribution is 2.08. The predicted octanol–water partition coefficient (Wildman–Crippen LogP) is -1.47. The van der Waals surface area contributed by atoms with Gasteiger partial charge in [-0.05, 0) is 0 Å². The first-order valence-corrected chi connectivity index (χ1v) is 3.95. The number of rotatable bonds is 3. The van der Waals surface area contributed by atoms with Gasteiger partial charge in [0, 0.05) is 6.54 Å². The molecule has 0 aliphatic heterocycles. The van der Waals surface area contributed by atoms with Crippen LogP contribution in [-0.4, -0.2) is 20.6 Å². The van der Waals surface area contributed by atoms with Gasteiger partial charge in [-0.2, -0.15) is 0 Å². The third-order valence-corrected chi connectivity index (χ3v) is 1.73. The van der Waals surface area contributed by atoms with Gasteiger partial charge in [0.05, 0.1) is 0 Å². The number of nitrogens with two attached hydrogens (primary N) is 1. The van der Waals surface area contributed by atoms with Gasteiger partial charge in [0.25, 0.3) is 11.5 Å². The van der Waals surface area contributed by atoms with Gasteiger partial charge in [0.1, 0.15) is 0 Å². The molecule has 1 aromatic heterocycles. The maximum Gasteiger partial charge on any atom is 0.331 e. The second-order valence-corrected chi connectivity index (χ2v) is 2.72. The lowest BCUT2D eigenvalue weighted by Crippen LogP contribution is -2.35. The van der Waals surface area contributed by atoms with Crippen LogP contribution in [0.4, 0.5) is 0 Å². The third kappa shape index (κ3) is 1.80. The van der Waals surface area contributed by atoms with E-state index in [0.29, 0.717) is 0 Å². The molecule has 7 nitrogen and oxygen atoms in total. The number of aromatic nitrogens is 2. The molecule has 0 aliphatic rings. The molecule has 1 rings (SSSR count). The van der Waals surface area contributed by atoms with Gasteiger partial charge in [0.2, 0.25) is 5.88 Å².